The Labute approximate surface area is 201 Å². The van der Waals surface area contributed by atoms with Gasteiger partial charge in [0, 0.05) is 18.4 Å². The van der Waals surface area contributed by atoms with Crippen molar-refractivity contribution in [2.45, 2.75) is 103 Å². The molecule has 4 rings (SSSR count). The molecule has 0 unspecified atom stereocenters. The van der Waals surface area contributed by atoms with Crippen LogP contribution >= 0.6 is 0 Å². The Balaban J connectivity index is 1.76. The second-order valence-electron chi connectivity index (χ2n) is 10.6. The molecule has 1 aromatic rings. The summed E-state index contributed by atoms with van der Waals surface area (Å²) < 4.78 is 16.8. The molecule has 2 aliphatic carbocycles. The topological polar surface area (TPSA) is 105 Å². The Hall–Kier alpha value is -2.09. The Kier molecular flexibility index (Phi) is 7.00. The number of hydrogen-bond acceptors (Lipinski definition) is 7. The largest absolute Gasteiger partial charge is 0.504 e. The van der Waals surface area contributed by atoms with Gasteiger partial charge in [-0.15, -0.1) is 0 Å². The van der Waals surface area contributed by atoms with E-state index in [-0.39, 0.29) is 24.2 Å². The van der Waals surface area contributed by atoms with Gasteiger partial charge >= 0.3 is 5.97 Å². The molecule has 1 aliphatic heterocycles. The smallest absolute Gasteiger partial charge is 0.303 e. The quantitative estimate of drug-likeness (QED) is 0.444. The Morgan fingerprint density at radius 2 is 1.76 bits per heavy atom. The standard InChI is InChI=1S/C27H38O7/c1-12(2)9-17-10-14(4)18-8-7-13(3)20-22(18)21(17)15(5)26(24(20)30)34-27-25(31)23(29)19(11-32-27)33-16(6)28/h9,13-14,17-19,23,25,27,29-31H,7-8,10-11H2,1-6H3/t13-,14-,17+,18+,19+,23-,25+,27-/m0/s1. The van der Waals surface area contributed by atoms with Gasteiger partial charge in [-0.1, -0.05) is 25.5 Å². The number of esters is 1. The molecule has 188 valence electrons. The maximum atomic E-state index is 11.4. The van der Waals surface area contributed by atoms with E-state index in [1.54, 1.807) is 0 Å². The number of carbonyl (C=O) groups excluding carboxylic acids is 1. The second-order valence-corrected chi connectivity index (χ2v) is 10.6. The van der Waals surface area contributed by atoms with Gasteiger partial charge in [-0.3, -0.25) is 4.79 Å². The lowest BCUT2D eigenvalue weighted by Crippen LogP contribution is -2.56. The summed E-state index contributed by atoms with van der Waals surface area (Å²) in [6.07, 6.45) is 0.466. The monoisotopic (exact) mass is 474 g/mol. The van der Waals surface area contributed by atoms with Crippen molar-refractivity contribution in [2.75, 3.05) is 6.61 Å². The third-order valence-electron chi connectivity index (χ3n) is 7.77. The summed E-state index contributed by atoms with van der Waals surface area (Å²) in [5.41, 5.74) is 5.50. The average molecular weight is 475 g/mol. The van der Waals surface area contributed by atoms with Crippen molar-refractivity contribution >= 4 is 5.97 Å². The Morgan fingerprint density at radius 1 is 1.06 bits per heavy atom. The first-order valence-corrected chi connectivity index (χ1v) is 12.4. The molecule has 1 heterocycles. The van der Waals surface area contributed by atoms with Crippen LogP contribution < -0.4 is 4.74 Å². The van der Waals surface area contributed by atoms with Crippen LogP contribution in [0.1, 0.15) is 93.9 Å². The predicted molar refractivity (Wildman–Crippen MR) is 127 cm³/mol. The SMILES string of the molecule is CC(=O)O[C@@H]1CO[C@@H](Oc2c(C)c3c4c(c2O)[C@@H](C)CC[C@@H]4[C@@H](C)C[C@H]3C=C(C)C)[C@H](O)[C@H]1O. The van der Waals surface area contributed by atoms with Gasteiger partial charge < -0.3 is 29.5 Å². The number of benzene rings is 1. The number of ether oxygens (including phenoxy) is 3. The molecule has 1 saturated heterocycles. The van der Waals surface area contributed by atoms with Crippen LogP contribution in [-0.2, 0) is 14.3 Å². The van der Waals surface area contributed by atoms with Crippen molar-refractivity contribution in [1.29, 1.82) is 0 Å². The number of aliphatic hydroxyl groups is 2. The molecule has 7 nitrogen and oxygen atoms in total. The number of rotatable bonds is 4. The van der Waals surface area contributed by atoms with E-state index in [1.807, 2.05) is 6.92 Å². The molecule has 0 aromatic heterocycles. The fraction of sp³-hybridized carbons (Fsp3) is 0.667. The van der Waals surface area contributed by atoms with Gasteiger partial charge in [-0.25, -0.2) is 0 Å². The molecule has 0 bridgehead atoms. The van der Waals surface area contributed by atoms with Crippen molar-refractivity contribution < 1.29 is 34.3 Å². The van der Waals surface area contributed by atoms with Gasteiger partial charge in [-0.2, -0.15) is 0 Å². The summed E-state index contributed by atoms with van der Waals surface area (Å²) in [6, 6.07) is 0. The molecule has 3 aliphatic rings. The van der Waals surface area contributed by atoms with E-state index in [1.165, 1.54) is 23.6 Å². The van der Waals surface area contributed by atoms with E-state index in [0.29, 0.717) is 17.6 Å². The molecule has 0 amide bonds. The van der Waals surface area contributed by atoms with Gasteiger partial charge in [0.25, 0.3) is 0 Å². The molecule has 7 heteroatoms. The molecule has 34 heavy (non-hydrogen) atoms. The van der Waals surface area contributed by atoms with Gasteiger partial charge in [0.2, 0.25) is 6.29 Å². The van der Waals surface area contributed by atoms with E-state index in [9.17, 15) is 20.1 Å². The van der Waals surface area contributed by atoms with Gasteiger partial charge in [0.15, 0.2) is 17.6 Å². The minimum Gasteiger partial charge on any atom is -0.504 e. The van der Waals surface area contributed by atoms with E-state index in [4.69, 9.17) is 14.2 Å². The molecule has 0 radical (unpaired) electrons. The predicted octanol–water partition coefficient (Wildman–Crippen LogP) is 4.16. The van der Waals surface area contributed by atoms with Crippen LogP contribution in [0.3, 0.4) is 0 Å². The lowest BCUT2D eigenvalue weighted by atomic mass is 9.62. The van der Waals surface area contributed by atoms with Crippen LogP contribution in [0.4, 0.5) is 0 Å². The number of aliphatic hydroxyl groups excluding tert-OH is 2. The zero-order chi connectivity index (χ0) is 24.9. The first-order valence-electron chi connectivity index (χ1n) is 12.4. The number of phenolic OH excluding ortho intramolecular Hbond substituents is 1. The molecular weight excluding hydrogens is 436 g/mol. The lowest BCUT2D eigenvalue weighted by molar-refractivity contribution is -0.248. The molecule has 0 spiro atoms. The van der Waals surface area contributed by atoms with Crippen LogP contribution in [0.15, 0.2) is 11.6 Å². The van der Waals surface area contributed by atoms with Crippen LogP contribution in [0, 0.1) is 12.8 Å². The van der Waals surface area contributed by atoms with E-state index in [2.05, 4.69) is 33.8 Å². The number of allylic oxidation sites excluding steroid dienone is 2. The maximum absolute atomic E-state index is 11.4. The van der Waals surface area contributed by atoms with E-state index >= 15 is 0 Å². The first kappa shape index (κ1) is 25.0. The minimum atomic E-state index is -1.44. The molecule has 8 atom stereocenters. The number of aromatic hydroxyl groups is 1. The lowest BCUT2D eigenvalue weighted by Gasteiger charge is -2.44. The minimum absolute atomic E-state index is 0.103. The number of phenols is 1. The second kappa shape index (κ2) is 9.51. The summed E-state index contributed by atoms with van der Waals surface area (Å²) in [4.78, 5) is 11.3. The summed E-state index contributed by atoms with van der Waals surface area (Å²) in [5.74, 6) is 1.16. The van der Waals surface area contributed by atoms with Gasteiger partial charge in [0.1, 0.15) is 12.2 Å². The van der Waals surface area contributed by atoms with Crippen LogP contribution in [0.2, 0.25) is 0 Å². The Morgan fingerprint density at radius 3 is 2.41 bits per heavy atom. The van der Waals surface area contributed by atoms with Crippen LogP contribution in [-0.4, -0.2) is 52.5 Å². The Bertz CT molecular complexity index is 980. The van der Waals surface area contributed by atoms with E-state index < -0.39 is 30.6 Å². The molecule has 0 saturated carbocycles. The van der Waals surface area contributed by atoms with Crippen molar-refractivity contribution in [3.63, 3.8) is 0 Å². The summed E-state index contributed by atoms with van der Waals surface area (Å²) in [5, 5.41) is 32.6. The van der Waals surface area contributed by atoms with Crippen molar-refractivity contribution in [3.05, 3.63) is 33.9 Å². The molecule has 1 aromatic carbocycles. The fourth-order valence-corrected chi connectivity index (χ4v) is 6.25. The molecule has 3 N–H and O–H groups in total. The zero-order valence-electron chi connectivity index (χ0n) is 21.0. The zero-order valence-corrected chi connectivity index (χ0v) is 21.0. The average Bonchev–Trinajstić information content (AvgIpc) is 2.74. The highest BCUT2D eigenvalue weighted by Crippen LogP contribution is 2.58. The van der Waals surface area contributed by atoms with Crippen LogP contribution in [0.5, 0.6) is 11.5 Å². The third-order valence-corrected chi connectivity index (χ3v) is 7.77. The van der Waals surface area contributed by atoms with Crippen molar-refractivity contribution in [2.24, 2.45) is 5.92 Å². The van der Waals surface area contributed by atoms with Crippen molar-refractivity contribution in [3.8, 4) is 11.5 Å². The summed E-state index contributed by atoms with van der Waals surface area (Å²) in [6.45, 7) is 11.7. The van der Waals surface area contributed by atoms with E-state index in [0.717, 1.165) is 30.4 Å². The molecule has 1 fully saturated rings. The van der Waals surface area contributed by atoms with Gasteiger partial charge in [-0.05, 0) is 74.5 Å². The fourth-order valence-electron chi connectivity index (χ4n) is 6.25. The maximum Gasteiger partial charge on any atom is 0.303 e. The van der Waals surface area contributed by atoms with Crippen LogP contribution in [0.25, 0.3) is 0 Å². The number of carbonyl (C=O) groups is 1. The highest BCUT2D eigenvalue weighted by molar-refractivity contribution is 5.66. The highest BCUT2D eigenvalue weighted by Gasteiger charge is 2.44. The van der Waals surface area contributed by atoms with Crippen molar-refractivity contribution in [1.82, 2.24) is 0 Å². The first-order chi connectivity index (χ1) is 16.0. The number of hydrogen-bond donors (Lipinski definition) is 3. The third kappa shape index (κ3) is 4.34. The molecular formula is C27H38O7. The highest BCUT2D eigenvalue weighted by atomic mass is 16.7. The summed E-state index contributed by atoms with van der Waals surface area (Å²) >= 11 is 0. The van der Waals surface area contributed by atoms with Gasteiger partial charge in [0.05, 0.1) is 6.61 Å². The normalized spacial score (nSPS) is 34.7. The summed E-state index contributed by atoms with van der Waals surface area (Å²) in [7, 11) is 0.